The highest BCUT2D eigenvalue weighted by Gasteiger charge is 2.10. The number of rotatable bonds is 11. The van der Waals surface area contributed by atoms with Gasteiger partial charge in [-0.2, -0.15) is 0 Å². The van der Waals surface area contributed by atoms with Gasteiger partial charge >= 0.3 is 0 Å². The molecule has 0 bridgehead atoms. The van der Waals surface area contributed by atoms with Gasteiger partial charge in [-0.25, -0.2) is 4.98 Å². The Morgan fingerprint density at radius 3 is 2.89 bits per heavy atom. The Kier molecular flexibility index (Phi) is 10.7. The summed E-state index contributed by atoms with van der Waals surface area (Å²) in [7, 11) is 0. The highest BCUT2D eigenvalue weighted by Crippen LogP contribution is 2.15. The molecule has 2 heterocycles. The molecule has 0 atom stereocenters. The van der Waals surface area contributed by atoms with Crippen molar-refractivity contribution in [3.05, 3.63) is 36.0 Å². The largest absolute Gasteiger partial charge is 0.473 e. The number of aromatic nitrogens is 1. The maximum absolute atomic E-state index is 11.7. The van der Waals surface area contributed by atoms with E-state index in [1.807, 2.05) is 24.3 Å². The first-order valence-electron chi connectivity index (χ1n) is 9.98. The van der Waals surface area contributed by atoms with Crippen LogP contribution in [0.5, 0.6) is 5.88 Å². The second kappa shape index (κ2) is 13.3. The maximum atomic E-state index is 11.7. The number of nitrogens with zero attached hydrogens (tertiary/aromatic N) is 2. The molecule has 0 aromatic carbocycles. The van der Waals surface area contributed by atoms with E-state index in [0.29, 0.717) is 37.6 Å². The van der Waals surface area contributed by atoms with Gasteiger partial charge in [0.2, 0.25) is 11.8 Å². The van der Waals surface area contributed by atoms with Gasteiger partial charge in [0.25, 0.3) is 0 Å². The van der Waals surface area contributed by atoms with Crippen LogP contribution in [0, 0.1) is 0 Å². The van der Waals surface area contributed by atoms with Crippen molar-refractivity contribution in [2.75, 3.05) is 32.0 Å². The van der Waals surface area contributed by atoms with Crippen molar-refractivity contribution in [3.63, 3.8) is 0 Å². The lowest BCUT2D eigenvalue weighted by molar-refractivity contribution is -0.120. The number of hydrogen-bond acceptors (Lipinski definition) is 6. The van der Waals surface area contributed by atoms with E-state index in [-0.39, 0.29) is 11.0 Å². The molecule has 1 saturated heterocycles. The highest BCUT2D eigenvalue weighted by atomic mass is 32.2. The van der Waals surface area contributed by atoms with Crippen molar-refractivity contribution >= 4 is 22.8 Å². The summed E-state index contributed by atoms with van der Waals surface area (Å²) in [5.74, 6) is 1.32. The molecule has 1 aliphatic rings. The van der Waals surface area contributed by atoms with Crippen molar-refractivity contribution in [3.8, 4) is 5.88 Å². The summed E-state index contributed by atoms with van der Waals surface area (Å²) in [6.45, 7) is 5.73. The number of ether oxygens (including phenoxy) is 1. The van der Waals surface area contributed by atoms with Gasteiger partial charge in [-0.1, -0.05) is 24.3 Å². The molecule has 28 heavy (non-hydrogen) atoms. The van der Waals surface area contributed by atoms with Crippen molar-refractivity contribution in [1.29, 1.82) is 0 Å². The molecule has 7 heteroatoms. The molecule has 0 saturated carbocycles. The predicted molar refractivity (Wildman–Crippen MR) is 113 cm³/mol. The van der Waals surface area contributed by atoms with E-state index in [1.165, 1.54) is 56.6 Å². The quantitative estimate of drug-likeness (QED) is 0.450. The average Bonchev–Trinajstić information content (AvgIpc) is 2.69. The number of nitrogens with one attached hydrogen (secondary N) is 1. The van der Waals surface area contributed by atoms with Crippen LogP contribution in [-0.4, -0.2) is 52.9 Å². The molecule has 0 unspecified atom stereocenters. The average molecular weight is 406 g/mol. The lowest BCUT2D eigenvalue weighted by atomic mass is 10.1. The number of pyridine rings is 1. The van der Waals surface area contributed by atoms with E-state index in [4.69, 9.17) is 4.74 Å². The molecule has 154 valence electrons. The molecule has 2 rings (SSSR count). The summed E-state index contributed by atoms with van der Waals surface area (Å²) in [4.78, 5) is 29.2. The Hall–Kier alpha value is -1.86. The van der Waals surface area contributed by atoms with Crippen LogP contribution >= 0.6 is 11.8 Å². The number of thioether (sulfide) groups is 1. The smallest absolute Gasteiger partial charge is 0.220 e. The van der Waals surface area contributed by atoms with Crippen LogP contribution in [0.2, 0.25) is 0 Å². The summed E-state index contributed by atoms with van der Waals surface area (Å²) in [5.41, 5.74) is 1.23. The van der Waals surface area contributed by atoms with E-state index in [9.17, 15) is 9.59 Å². The molecule has 1 fully saturated rings. The standard InChI is InChI=1S/C21H31N3O3S/c1-18(25)28-15-7-8-20(26)22-10-3-6-14-27-21-16-19(9-11-23-21)17-24-12-4-2-5-13-24/h3,6,9,11,16H,2,4-5,7-8,10,12-15,17H2,1H3,(H,22,26). The lowest BCUT2D eigenvalue weighted by Crippen LogP contribution is -2.29. The minimum Gasteiger partial charge on any atom is -0.473 e. The zero-order valence-corrected chi connectivity index (χ0v) is 17.5. The second-order valence-electron chi connectivity index (χ2n) is 6.87. The summed E-state index contributed by atoms with van der Waals surface area (Å²) in [6, 6.07) is 4.05. The van der Waals surface area contributed by atoms with Gasteiger partial charge < -0.3 is 10.1 Å². The number of carbonyl (C=O) groups excluding carboxylic acids is 2. The van der Waals surface area contributed by atoms with Gasteiger partial charge in [0.1, 0.15) is 6.61 Å². The van der Waals surface area contributed by atoms with Crippen LogP contribution < -0.4 is 10.1 Å². The van der Waals surface area contributed by atoms with Crippen molar-refractivity contribution in [2.24, 2.45) is 0 Å². The first-order chi connectivity index (χ1) is 13.6. The molecule has 1 amide bonds. The summed E-state index contributed by atoms with van der Waals surface area (Å²) >= 11 is 1.26. The molecular weight excluding hydrogens is 374 g/mol. The van der Waals surface area contributed by atoms with Gasteiger partial charge in [0, 0.05) is 44.5 Å². The molecule has 6 nitrogen and oxygen atoms in total. The van der Waals surface area contributed by atoms with E-state index < -0.39 is 0 Å². The van der Waals surface area contributed by atoms with Gasteiger partial charge in [-0.3, -0.25) is 14.5 Å². The Balaban J connectivity index is 1.58. The predicted octanol–water partition coefficient (Wildman–Crippen LogP) is 3.18. The van der Waals surface area contributed by atoms with Gasteiger partial charge in [-0.05, 0) is 50.1 Å². The summed E-state index contributed by atoms with van der Waals surface area (Å²) in [5, 5.41) is 2.92. The second-order valence-corrected chi connectivity index (χ2v) is 8.14. The Morgan fingerprint density at radius 2 is 2.11 bits per heavy atom. The monoisotopic (exact) mass is 405 g/mol. The molecule has 1 aromatic heterocycles. The minimum absolute atomic E-state index is 0.00167. The van der Waals surface area contributed by atoms with Crippen LogP contribution in [0.1, 0.15) is 44.6 Å². The minimum atomic E-state index is 0.00167. The lowest BCUT2D eigenvalue weighted by Gasteiger charge is -2.26. The molecular formula is C21H31N3O3S. The first-order valence-corrected chi connectivity index (χ1v) is 11.0. The molecule has 1 aromatic rings. The van der Waals surface area contributed by atoms with Crippen LogP contribution in [0.15, 0.2) is 30.5 Å². The Morgan fingerprint density at radius 1 is 1.29 bits per heavy atom. The topological polar surface area (TPSA) is 71.5 Å². The third kappa shape index (κ3) is 9.90. The highest BCUT2D eigenvalue weighted by molar-refractivity contribution is 8.13. The Bertz CT molecular complexity index is 646. The van der Waals surface area contributed by atoms with Gasteiger partial charge in [-0.15, -0.1) is 0 Å². The van der Waals surface area contributed by atoms with Crippen LogP contribution in [-0.2, 0) is 16.1 Å². The maximum Gasteiger partial charge on any atom is 0.220 e. The van der Waals surface area contributed by atoms with Crippen molar-refractivity contribution in [2.45, 2.75) is 45.6 Å². The zero-order chi connectivity index (χ0) is 20.0. The number of piperidine rings is 1. The van der Waals surface area contributed by atoms with Crippen LogP contribution in [0.4, 0.5) is 0 Å². The third-order valence-corrected chi connectivity index (χ3v) is 5.32. The normalized spacial score (nSPS) is 14.9. The summed E-state index contributed by atoms with van der Waals surface area (Å²) in [6.07, 6.45) is 10.6. The van der Waals surface area contributed by atoms with Crippen LogP contribution in [0.3, 0.4) is 0 Å². The number of carbonyl (C=O) groups is 2. The summed E-state index contributed by atoms with van der Waals surface area (Å²) < 4.78 is 5.68. The van der Waals surface area contributed by atoms with Gasteiger partial charge in [0.15, 0.2) is 5.12 Å². The molecule has 0 spiro atoms. The fourth-order valence-electron chi connectivity index (χ4n) is 3.00. The number of hydrogen-bond donors (Lipinski definition) is 1. The van der Waals surface area contributed by atoms with Crippen LogP contribution in [0.25, 0.3) is 0 Å². The van der Waals surface area contributed by atoms with E-state index in [2.05, 4.69) is 15.2 Å². The third-order valence-electron chi connectivity index (χ3n) is 4.42. The van der Waals surface area contributed by atoms with Gasteiger partial charge in [0.05, 0.1) is 0 Å². The van der Waals surface area contributed by atoms with Crippen molar-refractivity contribution < 1.29 is 14.3 Å². The van der Waals surface area contributed by atoms with E-state index in [0.717, 1.165) is 6.54 Å². The zero-order valence-electron chi connectivity index (χ0n) is 16.7. The van der Waals surface area contributed by atoms with E-state index in [1.54, 1.807) is 6.20 Å². The SMILES string of the molecule is CC(=O)SCCCC(=O)NCC=CCOc1cc(CN2CCCCC2)ccn1. The first kappa shape index (κ1) is 22.4. The molecule has 0 radical (unpaired) electrons. The fraction of sp³-hybridized carbons (Fsp3) is 0.571. The number of likely N-dealkylation sites (tertiary alicyclic amines) is 1. The Labute approximate surface area is 172 Å². The van der Waals surface area contributed by atoms with Crippen molar-refractivity contribution in [1.82, 2.24) is 15.2 Å². The molecule has 0 aliphatic carbocycles. The van der Waals surface area contributed by atoms with E-state index >= 15 is 0 Å². The molecule has 1 aliphatic heterocycles. The number of amides is 1. The molecule has 1 N–H and O–H groups in total. The fourth-order valence-corrected chi connectivity index (χ4v) is 3.57.